The van der Waals surface area contributed by atoms with Crippen LogP contribution in [0.3, 0.4) is 0 Å². The fraction of sp³-hybridized carbons (Fsp3) is 0.500. The molecular weight excluding hydrogens is 649 g/mol. The van der Waals surface area contributed by atoms with Gasteiger partial charge in [-0.2, -0.15) is 87.4 Å². The molecule has 1 aromatic carbocycles. The molecule has 0 unspecified atom stereocenters. The Morgan fingerprint density at radius 2 is 0.925 bits per heavy atom. The highest BCUT2D eigenvalue weighted by molar-refractivity contribution is 7.85. The molecule has 0 saturated heterocycles. The van der Waals surface area contributed by atoms with Crippen LogP contribution in [0.4, 0.5) is 83.4 Å². The van der Waals surface area contributed by atoms with Gasteiger partial charge in [0, 0.05) is 0 Å². The van der Waals surface area contributed by atoms with Crippen molar-refractivity contribution in [1.82, 2.24) is 0 Å². The number of rotatable bonds is 10. The normalized spacial score (nSPS) is 16.1. The molecule has 0 aliphatic heterocycles. The molecule has 0 aromatic heterocycles. The summed E-state index contributed by atoms with van der Waals surface area (Å²) in [5.74, 6) is -63.5. The van der Waals surface area contributed by atoms with Crippen LogP contribution in [0, 0.1) is 0 Å². The van der Waals surface area contributed by atoms with Crippen molar-refractivity contribution < 1.29 is 101 Å². The lowest BCUT2D eigenvalue weighted by Gasteiger charge is -2.42. The Balaban J connectivity index is 3.65. The van der Waals surface area contributed by atoms with Gasteiger partial charge in [0.1, 0.15) is 5.75 Å². The molecule has 0 radical (unpaired) electrons. The topological polar surface area (TPSA) is 63.6 Å². The van der Waals surface area contributed by atoms with Crippen LogP contribution >= 0.6 is 0 Å². The summed E-state index contributed by atoms with van der Waals surface area (Å²) in [6.45, 7) is 0. The standard InChI is InChI=1S/C16H5F19O4S/c17-7(8(18)10(21,22)23)9(19,20)11(24,25)12(26,27)13(28,29)14(30,31)15(32,33)16(34,35)39-5-1-3-6(4-2-5)40(36,37)38/h1-4H,(H,36,37,38)/b8-7+. The van der Waals surface area contributed by atoms with Crippen molar-refractivity contribution in [2.75, 3.05) is 0 Å². The minimum absolute atomic E-state index is 0.0184. The van der Waals surface area contributed by atoms with Crippen molar-refractivity contribution in [3.63, 3.8) is 0 Å². The maximum Gasteiger partial charge on any atom is 0.471 e. The van der Waals surface area contributed by atoms with Crippen molar-refractivity contribution >= 4 is 10.1 Å². The first-order valence-electron chi connectivity index (χ1n) is 8.79. The van der Waals surface area contributed by atoms with Crippen LogP contribution in [-0.4, -0.2) is 60.8 Å². The SMILES string of the molecule is O=S(=O)(O)c1ccc(OC(F)(F)C(F)(F)C(F)(F)C(F)(F)C(F)(F)C(F)(F)C(F)(F)/C(F)=C(\F)C(F)(F)F)cc1. The summed E-state index contributed by atoms with van der Waals surface area (Å²) < 4.78 is 286. The highest BCUT2D eigenvalue weighted by atomic mass is 32.2. The molecule has 24 heteroatoms. The van der Waals surface area contributed by atoms with E-state index in [1.807, 2.05) is 0 Å². The molecular formula is C16H5F19O4S. The lowest BCUT2D eigenvalue weighted by atomic mass is 9.90. The Morgan fingerprint density at radius 3 is 1.27 bits per heavy atom. The van der Waals surface area contributed by atoms with E-state index in [-0.39, 0.29) is 24.3 Å². The molecule has 0 aliphatic carbocycles. The van der Waals surface area contributed by atoms with E-state index in [0.29, 0.717) is 0 Å². The van der Waals surface area contributed by atoms with Gasteiger partial charge in [-0.05, 0) is 24.3 Å². The molecule has 1 N–H and O–H groups in total. The van der Waals surface area contributed by atoms with Crippen molar-refractivity contribution in [2.45, 2.75) is 52.7 Å². The van der Waals surface area contributed by atoms with E-state index >= 15 is 0 Å². The van der Waals surface area contributed by atoms with E-state index in [9.17, 15) is 91.8 Å². The number of alkyl halides is 17. The van der Waals surface area contributed by atoms with Gasteiger partial charge in [-0.25, -0.2) is 4.39 Å². The summed E-state index contributed by atoms with van der Waals surface area (Å²) in [6, 6.07) is -0.302. The number of hydrogen-bond acceptors (Lipinski definition) is 3. The predicted molar refractivity (Wildman–Crippen MR) is 86.8 cm³/mol. The lowest BCUT2D eigenvalue weighted by molar-refractivity contribution is -0.456. The molecule has 1 rings (SSSR count). The maximum atomic E-state index is 13.8. The Bertz CT molecular complexity index is 1230. The quantitative estimate of drug-likeness (QED) is 0.211. The van der Waals surface area contributed by atoms with Gasteiger partial charge in [-0.3, -0.25) is 4.55 Å². The molecule has 0 saturated carbocycles. The third-order valence-electron chi connectivity index (χ3n) is 4.42. The zero-order valence-corrected chi connectivity index (χ0v) is 18.4. The average Bonchev–Trinajstić information content (AvgIpc) is 2.75. The number of allylic oxidation sites excluding steroid dienone is 2. The minimum Gasteiger partial charge on any atom is -0.428 e. The van der Waals surface area contributed by atoms with Crippen LogP contribution in [0.1, 0.15) is 0 Å². The van der Waals surface area contributed by atoms with Gasteiger partial charge in [-0.15, -0.1) is 0 Å². The van der Waals surface area contributed by atoms with Crippen LogP contribution in [0.15, 0.2) is 40.8 Å². The average molecular weight is 654 g/mol. The molecule has 232 valence electrons. The van der Waals surface area contributed by atoms with Crippen molar-refractivity contribution in [3.8, 4) is 5.75 Å². The lowest BCUT2D eigenvalue weighted by Crippen LogP contribution is -2.73. The molecule has 0 aliphatic rings. The third kappa shape index (κ3) is 5.34. The predicted octanol–water partition coefficient (Wildman–Crippen LogP) is 7.43. The first kappa shape index (κ1) is 35.4. The Kier molecular flexibility index (Phi) is 8.59. The van der Waals surface area contributed by atoms with E-state index < -0.39 is 80.2 Å². The molecule has 40 heavy (non-hydrogen) atoms. The van der Waals surface area contributed by atoms with Crippen LogP contribution in [-0.2, 0) is 10.1 Å². The van der Waals surface area contributed by atoms with Crippen LogP contribution in [0.2, 0.25) is 0 Å². The van der Waals surface area contributed by atoms with Gasteiger partial charge in [0.2, 0.25) is 11.7 Å². The third-order valence-corrected chi connectivity index (χ3v) is 5.29. The van der Waals surface area contributed by atoms with Gasteiger partial charge >= 0.3 is 47.8 Å². The molecule has 4 nitrogen and oxygen atoms in total. The van der Waals surface area contributed by atoms with Crippen molar-refractivity contribution in [2.24, 2.45) is 0 Å². The molecule has 0 spiro atoms. The monoisotopic (exact) mass is 654 g/mol. The van der Waals surface area contributed by atoms with Gasteiger partial charge in [0.25, 0.3) is 10.1 Å². The molecule has 0 bridgehead atoms. The second-order valence-electron chi connectivity index (χ2n) is 7.14. The Labute approximate surface area is 206 Å². The van der Waals surface area contributed by atoms with Gasteiger partial charge in [0.15, 0.2) is 0 Å². The largest absolute Gasteiger partial charge is 0.471 e. The maximum absolute atomic E-state index is 13.8. The highest BCUT2D eigenvalue weighted by Crippen LogP contribution is 2.63. The van der Waals surface area contributed by atoms with E-state index in [2.05, 4.69) is 4.74 Å². The van der Waals surface area contributed by atoms with Crippen LogP contribution < -0.4 is 4.74 Å². The van der Waals surface area contributed by atoms with Crippen LogP contribution in [0.5, 0.6) is 5.75 Å². The van der Waals surface area contributed by atoms with Gasteiger partial charge < -0.3 is 4.74 Å². The van der Waals surface area contributed by atoms with Crippen LogP contribution in [0.25, 0.3) is 0 Å². The summed E-state index contributed by atoms with van der Waals surface area (Å²) in [5, 5.41) is 0. The summed E-state index contributed by atoms with van der Waals surface area (Å²) >= 11 is 0. The zero-order chi connectivity index (χ0) is 32.3. The smallest absolute Gasteiger partial charge is 0.428 e. The Hall–Kier alpha value is -2.66. The fourth-order valence-corrected chi connectivity index (χ4v) is 2.74. The molecule has 0 atom stereocenters. The van der Waals surface area contributed by atoms with Gasteiger partial charge in [0.05, 0.1) is 4.90 Å². The summed E-state index contributed by atoms with van der Waals surface area (Å²) in [5.41, 5.74) is 0. The fourth-order valence-electron chi connectivity index (χ4n) is 2.26. The minimum atomic E-state index is -8.87. The molecule has 0 amide bonds. The Morgan fingerprint density at radius 1 is 0.575 bits per heavy atom. The van der Waals surface area contributed by atoms with Crippen molar-refractivity contribution in [1.29, 1.82) is 0 Å². The highest BCUT2D eigenvalue weighted by Gasteiger charge is 2.94. The number of hydrogen-bond donors (Lipinski definition) is 1. The summed E-state index contributed by atoms with van der Waals surface area (Å²) in [4.78, 5) is -1.22. The first-order valence-corrected chi connectivity index (χ1v) is 10.2. The van der Waals surface area contributed by atoms with Crippen molar-refractivity contribution in [3.05, 3.63) is 35.9 Å². The van der Waals surface area contributed by atoms with Gasteiger partial charge in [-0.1, -0.05) is 0 Å². The molecule has 0 heterocycles. The second kappa shape index (κ2) is 9.72. The first-order chi connectivity index (χ1) is 17.2. The number of halogens is 19. The molecule has 1 aromatic rings. The number of benzene rings is 1. The van der Waals surface area contributed by atoms with E-state index in [4.69, 9.17) is 4.55 Å². The molecule has 0 fully saturated rings. The van der Waals surface area contributed by atoms with E-state index in [0.717, 1.165) is 0 Å². The second-order valence-corrected chi connectivity index (χ2v) is 8.56. The van der Waals surface area contributed by atoms with E-state index in [1.165, 1.54) is 0 Å². The van der Waals surface area contributed by atoms with E-state index in [1.54, 1.807) is 0 Å². The number of ether oxygens (including phenoxy) is 1. The summed E-state index contributed by atoms with van der Waals surface area (Å²) in [6.07, 6.45) is -14.3. The zero-order valence-electron chi connectivity index (χ0n) is 17.6. The summed E-state index contributed by atoms with van der Waals surface area (Å²) in [7, 11) is -5.14.